The summed E-state index contributed by atoms with van der Waals surface area (Å²) >= 11 is 0. The molecule has 0 bridgehead atoms. The highest BCUT2D eigenvalue weighted by molar-refractivity contribution is 5.68. The molecule has 1 unspecified atom stereocenters. The molecule has 0 saturated carbocycles. The van der Waals surface area contributed by atoms with Crippen molar-refractivity contribution in [2.24, 2.45) is 5.73 Å². The van der Waals surface area contributed by atoms with E-state index < -0.39 is 0 Å². The number of imidazole rings is 1. The van der Waals surface area contributed by atoms with Crippen molar-refractivity contribution < 1.29 is 4.74 Å². The summed E-state index contributed by atoms with van der Waals surface area (Å²) < 4.78 is 7.88. The lowest BCUT2D eigenvalue weighted by Crippen LogP contribution is -2.12. The van der Waals surface area contributed by atoms with Crippen LogP contribution in [-0.2, 0) is 0 Å². The first-order valence-corrected chi connectivity index (χ1v) is 8.45. The Morgan fingerprint density at radius 2 is 1.83 bits per heavy atom. The Bertz CT molecular complexity index is 834. The molecule has 0 spiro atoms. The summed E-state index contributed by atoms with van der Waals surface area (Å²) in [6.45, 7) is 8.86. The zero-order chi connectivity index (χ0) is 17.3. The number of nitrogens with two attached hydrogens (primary N) is 1. The molecular weight excluding hydrogens is 298 g/mol. The number of hydrogen-bond donors (Lipinski definition) is 1. The van der Waals surface area contributed by atoms with Gasteiger partial charge in [0.15, 0.2) is 0 Å². The number of benzene rings is 1. The van der Waals surface area contributed by atoms with Gasteiger partial charge >= 0.3 is 0 Å². The lowest BCUT2D eigenvalue weighted by Gasteiger charge is -2.13. The van der Waals surface area contributed by atoms with Crippen LogP contribution in [0.15, 0.2) is 42.6 Å². The summed E-state index contributed by atoms with van der Waals surface area (Å²) in [5.41, 5.74) is 11.3. The molecule has 1 aromatic carbocycles. The summed E-state index contributed by atoms with van der Waals surface area (Å²) in [4.78, 5) is 4.87. The Morgan fingerprint density at radius 1 is 1.12 bits per heavy atom. The Balaban J connectivity index is 2.10. The molecular formula is C20H25N3O. The minimum Gasteiger partial charge on any atom is -0.491 e. The Kier molecular flexibility index (Phi) is 4.58. The zero-order valence-electron chi connectivity index (χ0n) is 14.8. The van der Waals surface area contributed by atoms with Gasteiger partial charge in [-0.2, -0.15) is 0 Å². The van der Waals surface area contributed by atoms with Gasteiger partial charge in [-0.15, -0.1) is 0 Å². The molecule has 0 saturated heterocycles. The maximum absolute atomic E-state index is 5.95. The molecule has 0 amide bonds. The van der Waals surface area contributed by atoms with E-state index in [1.165, 1.54) is 5.56 Å². The van der Waals surface area contributed by atoms with E-state index in [9.17, 15) is 0 Å². The van der Waals surface area contributed by atoms with Gasteiger partial charge in [0.05, 0.1) is 17.5 Å². The third-order valence-corrected chi connectivity index (χ3v) is 4.14. The van der Waals surface area contributed by atoms with Crippen LogP contribution in [0.4, 0.5) is 0 Å². The van der Waals surface area contributed by atoms with Gasteiger partial charge in [-0.05, 0) is 62.7 Å². The van der Waals surface area contributed by atoms with E-state index >= 15 is 0 Å². The number of nitrogens with zero attached hydrogens (tertiary/aromatic N) is 2. The fourth-order valence-electron chi connectivity index (χ4n) is 2.92. The highest BCUT2D eigenvalue weighted by Crippen LogP contribution is 2.31. The summed E-state index contributed by atoms with van der Waals surface area (Å²) in [7, 11) is 0. The van der Waals surface area contributed by atoms with Gasteiger partial charge in [-0.25, -0.2) is 4.98 Å². The van der Waals surface area contributed by atoms with E-state index in [-0.39, 0.29) is 12.0 Å². The van der Waals surface area contributed by atoms with Crippen LogP contribution in [0.3, 0.4) is 0 Å². The molecule has 3 rings (SSSR count). The van der Waals surface area contributed by atoms with Crippen molar-refractivity contribution in [3.63, 3.8) is 0 Å². The van der Waals surface area contributed by atoms with Gasteiger partial charge in [0.1, 0.15) is 11.4 Å². The van der Waals surface area contributed by atoms with Crippen molar-refractivity contribution in [2.45, 2.75) is 39.7 Å². The topological polar surface area (TPSA) is 52.5 Å². The predicted octanol–water partition coefficient (Wildman–Crippen LogP) is 4.16. The third kappa shape index (κ3) is 3.15. The second-order valence-electron chi connectivity index (χ2n) is 6.61. The monoisotopic (exact) mass is 323 g/mol. The van der Waals surface area contributed by atoms with Crippen LogP contribution >= 0.6 is 0 Å². The molecule has 2 heterocycles. The zero-order valence-corrected chi connectivity index (χ0v) is 14.8. The first kappa shape index (κ1) is 16.5. The number of rotatable bonds is 5. The van der Waals surface area contributed by atoms with Crippen LogP contribution in [0.25, 0.3) is 16.9 Å². The molecule has 0 aliphatic rings. The normalized spacial score (nSPS) is 12.8. The fourth-order valence-corrected chi connectivity index (χ4v) is 2.92. The van der Waals surface area contributed by atoms with Crippen LogP contribution in [0.2, 0.25) is 0 Å². The molecule has 0 aliphatic carbocycles. The van der Waals surface area contributed by atoms with Gasteiger partial charge in [-0.3, -0.25) is 0 Å². The lowest BCUT2D eigenvalue weighted by atomic mass is 10.0. The molecule has 4 nitrogen and oxygen atoms in total. The summed E-state index contributed by atoms with van der Waals surface area (Å²) in [6.07, 6.45) is 2.25. The van der Waals surface area contributed by atoms with E-state index in [1.807, 2.05) is 26.0 Å². The standard InChI is InChI=1S/C20H25N3O/c1-13(2)24-17-7-5-16(6-8-17)19-20(15(4)12-21)23-10-9-14(3)11-18(23)22-19/h5-11,13,15H,12,21H2,1-4H3. The van der Waals surface area contributed by atoms with Crippen LogP contribution in [0.1, 0.15) is 37.9 Å². The Hall–Kier alpha value is -2.33. The number of aryl methyl sites for hydroxylation is 1. The maximum Gasteiger partial charge on any atom is 0.137 e. The van der Waals surface area contributed by atoms with Gasteiger partial charge in [0, 0.05) is 24.2 Å². The average molecular weight is 323 g/mol. The van der Waals surface area contributed by atoms with Gasteiger partial charge < -0.3 is 14.9 Å². The van der Waals surface area contributed by atoms with Crippen molar-refractivity contribution in [1.82, 2.24) is 9.38 Å². The molecule has 0 aliphatic heterocycles. The number of ether oxygens (including phenoxy) is 1. The van der Waals surface area contributed by atoms with Gasteiger partial charge in [0.2, 0.25) is 0 Å². The summed E-state index contributed by atoms with van der Waals surface area (Å²) in [5.74, 6) is 1.10. The van der Waals surface area contributed by atoms with Crippen LogP contribution in [0.5, 0.6) is 5.75 Å². The number of aromatic nitrogens is 2. The van der Waals surface area contributed by atoms with Crippen molar-refractivity contribution in [3.8, 4) is 17.0 Å². The van der Waals surface area contributed by atoms with E-state index in [2.05, 4.69) is 48.7 Å². The van der Waals surface area contributed by atoms with E-state index in [1.54, 1.807) is 0 Å². The van der Waals surface area contributed by atoms with E-state index in [0.29, 0.717) is 6.54 Å². The molecule has 24 heavy (non-hydrogen) atoms. The maximum atomic E-state index is 5.95. The smallest absolute Gasteiger partial charge is 0.137 e. The van der Waals surface area contributed by atoms with Crippen molar-refractivity contribution in [3.05, 3.63) is 53.9 Å². The number of pyridine rings is 1. The lowest BCUT2D eigenvalue weighted by molar-refractivity contribution is 0.242. The van der Waals surface area contributed by atoms with Crippen molar-refractivity contribution in [2.75, 3.05) is 6.54 Å². The molecule has 0 fully saturated rings. The molecule has 4 heteroatoms. The second kappa shape index (κ2) is 6.65. The highest BCUT2D eigenvalue weighted by atomic mass is 16.5. The molecule has 3 aromatic rings. The van der Waals surface area contributed by atoms with Crippen molar-refractivity contribution >= 4 is 5.65 Å². The minimum absolute atomic E-state index is 0.168. The largest absolute Gasteiger partial charge is 0.491 e. The molecule has 2 aromatic heterocycles. The predicted molar refractivity (Wildman–Crippen MR) is 98.6 cm³/mol. The van der Waals surface area contributed by atoms with Gasteiger partial charge in [-0.1, -0.05) is 6.92 Å². The first-order valence-electron chi connectivity index (χ1n) is 8.45. The molecule has 1 atom stereocenters. The fraction of sp³-hybridized carbons (Fsp3) is 0.350. The molecule has 126 valence electrons. The van der Waals surface area contributed by atoms with Crippen molar-refractivity contribution in [1.29, 1.82) is 0 Å². The number of fused-ring (bicyclic) bond motifs is 1. The second-order valence-corrected chi connectivity index (χ2v) is 6.61. The summed E-state index contributed by atoms with van der Waals surface area (Å²) in [5, 5.41) is 0. The third-order valence-electron chi connectivity index (χ3n) is 4.14. The van der Waals surface area contributed by atoms with Crippen LogP contribution in [-0.4, -0.2) is 22.0 Å². The summed E-state index contributed by atoms with van der Waals surface area (Å²) in [6, 6.07) is 12.3. The number of hydrogen-bond acceptors (Lipinski definition) is 3. The van der Waals surface area contributed by atoms with Gasteiger partial charge in [0.25, 0.3) is 0 Å². The highest BCUT2D eigenvalue weighted by Gasteiger charge is 2.18. The average Bonchev–Trinajstić information content (AvgIpc) is 2.92. The SMILES string of the molecule is Cc1ccn2c(C(C)CN)c(-c3ccc(OC(C)C)cc3)nc2c1. The quantitative estimate of drug-likeness (QED) is 0.767. The Labute approximate surface area is 143 Å². The molecule has 0 radical (unpaired) electrons. The van der Waals surface area contributed by atoms with Crippen LogP contribution < -0.4 is 10.5 Å². The molecule has 2 N–H and O–H groups in total. The van der Waals surface area contributed by atoms with Crippen LogP contribution in [0, 0.1) is 6.92 Å². The Morgan fingerprint density at radius 3 is 2.46 bits per heavy atom. The minimum atomic E-state index is 0.168. The first-order chi connectivity index (χ1) is 11.5. The van der Waals surface area contributed by atoms with E-state index in [4.69, 9.17) is 15.5 Å². The van der Waals surface area contributed by atoms with E-state index in [0.717, 1.165) is 28.3 Å².